The van der Waals surface area contributed by atoms with E-state index >= 15 is 0 Å². The van der Waals surface area contributed by atoms with Gasteiger partial charge in [-0.2, -0.15) is 0 Å². The Labute approximate surface area is 184 Å². The van der Waals surface area contributed by atoms with Crippen LogP contribution in [0.5, 0.6) is 0 Å². The lowest BCUT2D eigenvalue weighted by Crippen LogP contribution is -2.52. The van der Waals surface area contributed by atoms with Gasteiger partial charge >= 0.3 is 0 Å². The van der Waals surface area contributed by atoms with Crippen molar-refractivity contribution in [3.63, 3.8) is 0 Å². The highest BCUT2D eigenvalue weighted by atomic mass is 19.3. The van der Waals surface area contributed by atoms with Gasteiger partial charge in [0.25, 0.3) is 0 Å². The van der Waals surface area contributed by atoms with Crippen molar-refractivity contribution in [3.05, 3.63) is 0 Å². The molecule has 0 bridgehead atoms. The van der Waals surface area contributed by atoms with Crippen molar-refractivity contribution in [1.82, 2.24) is 0 Å². The molecule has 0 aromatic carbocycles. The fraction of sp³-hybridized carbons (Fsp3) is 1.00. The van der Waals surface area contributed by atoms with Crippen LogP contribution < -0.4 is 0 Å². The van der Waals surface area contributed by atoms with E-state index in [2.05, 4.69) is 13.8 Å². The van der Waals surface area contributed by atoms with Crippen LogP contribution >= 0.6 is 0 Å². The molecule has 5 rings (SSSR count). The number of halogens is 2. The van der Waals surface area contributed by atoms with Crippen LogP contribution in [0.4, 0.5) is 8.78 Å². The molecule has 0 spiro atoms. The van der Waals surface area contributed by atoms with Crippen LogP contribution in [0, 0.1) is 46.3 Å². The van der Waals surface area contributed by atoms with Gasteiger partial charge in [-0.25, -0.2) is 8.78 Å². The molecule has 5 aliphatic carbocycles. The van der Waals surface area contributed by atoms with Crippen LogP contribution in [0.1, 0.15) is 123 Å². The SMILES string of the molecule is CC12CCCCC1CCC1C2CCC2(C)C(CCCC3CCC(F)(F)CC3)CCC12. The molecule has 0 saturated heterocycles. The zero-order valence-corrected chi connectivity index (χ0v) is 19.7. The molecule has 0 N–H and O–H groups in total. The first-order valence-electron chi connectivity index (χ1n) is 13.7. The lowest BCUT2D eigenvalue weighted by Gasteiger charge is -2.60. The Bertz CT molecular complexity index is 604. The summed E-state index contributed by atoms with van der Waals surface area (Å²) >= 11 is 0. The van der Waals surface area contributed by atoms with E-state index in [4.69, 9.17) is 0 Å². The third-order valence-corrected chi connectivity index (χ3v) is 11.8. The quantitative estimate of drug-likeness (QED) is 0.425. The average molecular weight is 421 g/mol. The largest absolute Gasteiger partial charge is 0.248 e. The summed E-state index contributed by atoms with van der Waals surface area (Å²) in [5.74, 6) is 3.14. The molecule has 5 fully saturated rings. The van der Waals surface area contributed by atoms with Crippen molar-refractivity contribution in [1.29, 1.82) is 0 Å². The van der Waals surface area contributed by atoms with E-state index in [1.54, 1.807) is 0 Å². The molecule has 172 valence electrons. The number of hydrogen-bond acceptors (Lipinski definition) is 0. The van der Waals surface area contributed by atoms with Crippen LogP contribution in [0.25, 0.3) is 0 Å². The fourth-order valence-corrected chi connectivity index (χ4v) is 9.92. The molecule has 0 aromatic rings. The minimum absolute atomic E-state index is 0.143. The number of rotatable bonds is 4. The Hall–Kier alpha value is -0.140. The van der Waals surface area contributed by atoms with Gasteiger partial charge in [0.1, 0.15) is 0 Å². The maximum Gasteiger partial charge on any atom is 0.248 e. The molecule has 7 atom stereocenters. The second-order valence-corrected chi connectivity index (χ2v) is 13.0. The zero-order chi connectivity index (χ0) is 21.0. The van der Waals surface area contributed by atoms with E-state index in [9.17, 15) is 8.78 Å². The molecule has 5 saturated carbocycles. The molecule has 0 aliphatic heterocycles. The highest BCUT2D eigenvalue weighted by Crippen LogP contribution is 2.67. The fourth-order valence-electron chi connectivity index (χ4n) is 9.92. The Morgan fingerprint density at radius 1 is 0.667 bits per heavy atom. The van der Waals surface area contributed by atoms with Crippen molar-refractivity contribution in [2.45, 2.75) is 129 Å². The summed E-state index contributed by atoms with van der Waals surface area (Å²) in [6.07, 6.45) is 20.6. The maximum absolute atomic E-state index is 13.4. The van der Waals surface area contributed by atoms with Gasteiger partial charge < -0.3 is 0 Å². The molecular weight excluding hydrogens is 374 g/mol. The molecule has 0 amide bonds. The van der Waals surface area contributed by atoms with Crippen molar-refractivity contribution in [2.75, 3.05) is 0 Å². The third kappa shape index (κ3) is 3.68. The Morgan fingerprint density at radius 2 is 1.43 bits per heavy atom. The molecule has 0 aromatic heterocycles. The first-order valence-corrected chi connectivity index (χ1v) is 13.7. The minimum Gasteiger partial charge on any atom is -0.207 e. The molecule has 0 nitrogen and oxygen atoms in total. The van der Waals surface area contributed by atoms with E-state index in [1.807, 2.05) is 0 Å². The Kier molecular flexibility index (Phi) is 5.80. The summed E-state index contributed by atoms with van der Waals surface area (Å²) in [5.41, 5.74) is 1.24. The minimum atomic E-state index is -2.37. The van der Waals surface area contributed by atoms with Crippen molar-refractivity contribution >= 4 is 0 Å². The predicted molar refractivity (Wildman–Crippen MR) is 121 cm³/mol. The topological polar surface area (TPSA) is 0 Å². The average Bonchev–Trinajstić information content (AvgIpc) is 3.05. The smallest absolute Gasteiger partial charge is 0.207 e. The predicted octanol–water partition coefficient (Wildman–Crippen LogP) is 9.03. The van der Waals surface area contributed by atoms with Crippen LogP contribution in [-0.4, -0.2) is 5.92 Å². The van der Waals surface area contributed by atoms with Gasteiger partial charge in [0.15, 0.2) is 0 Å². The molecule has 2 heteroatoms. The number of alkyl halides is 2. The summed E-state index contributed by atoms with van der Waals surface area (Å²) < 4.78 is 26.9. The molecule has 0 radical (unpaired) electrons. The standard InChI is InChI=1S/C28H46F2/c1-26-16-4-3-7-21(26)9-11-23-24-12-10-22(27(24,2)17-15-25(23)26)8-5-6-20-13-18-28(29,30)19-14-20/h20-25H,3-19H2,1-2H3. The maximum atomic E-state index is 13.4. The van der Waals surface area contributed by atoms with Crippen LogP contribution in [-0.2, 0) is 0 Å². The summed E-state index contributed by atoms with van der Waals surface area (Å²) in [5, 5.41) is 0. The van der Waals surface area contributed by atoms with Crippen molar-refractivity contribution < 1.29 is 8.78 Å². The lowest BCUT2D eigenvalue weighted by atomic mass is 9.45. The van der Waals surface area contributed by atoms with Gasteiger partial charge in [-0.1, -0.05) is 39.5 Å². The van der Waals surface area contributed by atoms with Crippen molar-refractivity contribution in [3.8, 4) is 0 Å². The second kappa shape index (κ2) is 8.02. The van der Waals surface area contributed by atoms with Crippen LogP contribution in [0.15, 0.2) is 0 Å². The van der Waals surface area contributed by atoms with Gasteiger partial charge in [0, 0.05) is 12.8 Å². The van der Waals surface area contributed by atoms with E-state index < -0.39 is 5.92 Å². The van der Waals surface area contributed by atoms with Gasteiger partial charge in [-0.3, -0.25) is 0 Å². The summed E-state index contributed by atoms with van der Waals surface area (Å²) in [6, 6.07) is 0. The molecular formula is C28H46F2. The Balaban J connectivity index is 1.18. The highest BCUT2D eigenvalue weighted by molar-refractivity contribution is 5.08. The van der Waals surface area contributed by atoms with Crippen molar-refractivity contribution in [2.24, 2.45) is 46.3 Å². The highest BCUT2D eigenvalue weighted by Gasteiger charge is 2.59. The first-order chi connectivity index (χ1) is 14.3. The third-order valence-electron chi connectivity index (χ3n) is 11.8. The van der Waals surface area contributed by atoms with Crippen LogP contribution in [0.2, 0.25) is 0 Å². The summed E-state index contributed by atoms with van der Waals surface area (Å²) in [4.78, 5) is 0. The molecule has 0 heterocycles. The molecule has 7 unspecified atom stereocenters. The zero-order valence-electron chi connectivity index (χ0n) is 19.7. The number of hydrogen-bond donors (Lipinski definition) is 0. The summed E-state index contributed by atoms with van der Waals surface area (Å²) in [7, 11) is 0. The monoisotopic (exact) mass is 420 g/mol. The van der Waals surface area contributed by atoms with Gasteiger partial charge in [0.2, 0.25) is 5.92 Å². The van der Waals surface area contributed by atoms with E-state index in [1.165, 1.54) is 83.5 Å². The normalized spacial score (nSPS) is 48.6. The lowest BCUT2D eigenvalue weighted by molar-refractivity contribution is -0.111. The molecule has 5 aliphatic rings. The summed E-state index contributed by atoms with van der Waals surface area (Å²) in [6.45, 7) is 5.36. The number of fused-ring (bicyclic) bond motifs is 5. The van der Waals surface area contributed by atoms with Gasteiger partial charge in [-0.05, 0) is 117 Å². The Morgan fingerprint density at radius 3 is 2.23 bits per heavy atom. The second-order valence-electron chi connectivity index (χ2n) is 13.0. The van der Waals surface area contributed by atoms with E-state index in [0.29, 0.717) is 16.7 Å². The van der Waals surface area contributed by atoms with E-state index in [-0.39, 0.29) is 12.8 Å². The van der Waals surface area contributed by atoms with Gasteiger partial charge in [0.05, 0.1) is 0 Å². The van der Waals surface area contributed by atoms with Gasteiger partial charge in [-0.15, -0.1) is 0 Å². The molecule has 30 heavy (non-hydrogen) atoms. The van der Waals surface area contributed by atoms with Crippen LogP contribution in [0.3, 0.4) is 0 Å². The van der Waals surface area contributed by atoms with E-state index in [0.717, 1.165) is 42.4 Å². The first kappa shape index (κ1) is 21.7.